The normalized spacial score (nSPS) is 24.0. The minimum Gasteiger partial charge on any atom is -0.316 e. The van der Waals surface area contributed by atoms with Crippen molar-refractivity contribution in [3.63, 3.8) is 0 Å². The summed E-state index contributed by atoms with van der Waals surface area (Å²) in [7, 11) is 2.29. The fourth-order valence-electron chi connectivity index (χ4n) is 3.42. The first-order valence-corrected chi connectivity index (χ1v) is 9.09. The van der Waals surface area contributed by atoms with E-state index in [0.29, 0.717) is 12.0 Å². The molecule has 0 aliphatic carbocycles. The summed E-state index contributed by atoms with van der Waals surface area (Å²) in [6, 6.07) is 7.43. The molecule has 0 radical (unpaired) electrons. The lowest BCUT2D eigenvalue weighted by molar-refractivity contribution is 0.189. The molecule has 1 aliphatic heterocycles. The molecule has 2 nitrogen and oxygen atoms in total. The highest BCUT2D eigenvalue weighted by molar-refractivity contribution is 9.10. The van der Waals surface area contributed by atoms with Gasteiger partial charge >= 0.3 is 0 Å². The fourth-order valence-corrected chi connectivity index (χ4v) is 3.82. The van der Waals surface area contributed by atoms with Gasteiger partial charge in [-0.2, -0.15) is 0 Å². The van der Waals surface area contributed by atoms with Gasteiger partial charge in [-0.15, -0.1) is 0 Å². The standard InChI is InChI=1S/C18H29BrN2/c1-4-10-20-13-16-7-5-6-11-21(3)18(16)15-9-8-14(2)17(19)12-15/h8-9,12,16,18,20H,4-7,10-11,13H2,1-3H3. The molecule has 1 N–H and O–H groups in total. The molecule has 0 aromatic heterocycles. The van der Waals surface area contributed by atoms with Crippen LogP contribution in [0.2, 0.25) is 0 Å². The zero-order valence-electron chi connectivity index (χ0n) is 13.7. The molecular weight excluding hydrogens is 324 g/mol. The lowest BCUT2D eigenvalue weighted by Gasteiger charge is -2.33. The van der Waals surface area contributed by atoms with Gasteiger partial charge in [-0.3, -0.25) is 4.90 Å². The third kappa shape index (κ3) is 4.54. The van der Waals surface area contributed by atoms with Gasteiger partial charge in [0.15, 0.2) is 0 Å². The lowest BCUT2D eigenvalue weighted by atomic mass is 9.89. The van der Waals surface area contributed by atoms with Crippen molar-refractivity contribution in [3.8, 4) is 0 Å². The highest BCUT2D eigenvalue weighted by atomic mass is 79.9. The van der Waals surface area contributed by atoms with E-state index in [9.17, 15) is 0 Å². The molecule has 3 heteroatoms. The second kappa shape index (κ2) is 8.30. The zero-order valence-corrected chi connectivity index (χ0v) is 15.2. The van der Waals surface area contributed by atoms with Crippen molar-refractivity contribution in [2.75, 3.05) is 26.7 Å². The Morgan fingerprint density at radius 2 is 2.14 bits per heavy atom. The molecule has 0 saturated carbocycles. The molecule has 1 fully saturated rings. The Morgan fingerprint density at radius 3 is 2.86 bits per heavy atom. The van der Waals surface area contributed by atoms with Crippen LogP contribution >= 0.6 is 15.9 Å². The number of rotatable bonds is 5. The first-order chi connectivity index (χ1) is 10.1. The molecule has 1 saturated heterocycles. The first kappa shape index (κ1) is 17.0. The lowest BCUT2D eigenvalue weighted by Crippen LogP contribution is -2.35. The fraction of sp³-hybridized carbons (Fsp3) is 0.667. The Bertz CT molecular complexity index is 447. The number of nitrogens with one attached hydrogen (secondary N) is 1. The Hall–Kier alpha value is -0.380. The van der Waals surface area contributed by atoms with E-state index in [1.165, 1.54) is 47.8 Å². The first-order valence-electron chi connectivity index (χ1n) is 8.30. The summed E-state index contributed by atoms with van der Waals surface area (Å²) in [5.74, 6) is 0.707. The van der Waals surface area contributed by atoms with Crippen molar-refractivity contribution in [2.45, 2.75) is 45.6 Å². The Balaban J connectivity index is 2.20. The van der Waals surface area contributed by atoms with Crippen LogP contribution in [0.4, 0.5) is 0 Å². The van der Waals surface area contributed by atoms with Crippen LogP contribution in [0.1, 0.15) is 49.8 Å². The van der Waals surface area contributed by atoms with E-state index in [1.54, 1.807) is 0 Å². The van der Waals surface area contributed by atoms with Crippen molar-refractivity contribution in [1.82, 2.24) is 10.2 Å². The number of hydrogen-bond donors (Lipinski definition) is 1. The molecule has 1 aromatic rings. The summed E-state index contributed by atoms with van der Waals surface area (Å²) in [5.41, 5.74) is 2.77. The molecule has 2 unspecified atom stereocenters. The summed E-state index contributed by atoms with van der Waals surface area (Å²) in [6.45, 7) is 7.87. The number of likely N-dealkylation sites (tertiary alicyclic amines) is 1. The topological polar surface area (TPSA) is 15.3 Å². The van der Waals surface area contributed by atoms with Gasteiger partial charge < -0.3 is 5.32 Å². The van der Waals surface area contributed by atoms with Gasteiger partial charge in [0.1, 0.15) is 0 Å². The van der Waals surface area contributed by atoms with Gasteiger partial charge in [-0.1, -0.05) is 41.4 Å². The largest absolute Gasteiger partial charge is 0.316 e. The quantitative estimate of drug-likeness (QED) is 0.783. The predicted molar refractivity (Wildman–Crippen MR) is 94.8 cm³/mol. The summed E-state index contributed by atoms with van der Waals surface area (Å²) in [4.78, 5) is 2.56. The Labute approximate surface area is 138 Å². The predicted octanol–water partition coefficient (Wildman–Crippen LogP) is 4.53. The van der Waals surface area contributed by atoms with Gasteiger partial charge in [0.25, 0.3) is 0 Å². The van der Waals surface area contributed by atoms with Crippen LogP contribution in [0.15, 0.2) is 22.7 Å². The van der Waals surface area contributed by atoms with Crippen LogP contribution in [0.25, 0.3) is 0 Å². The maximum atomic E-state index is 3.70. The minimum absolute atomic E-state index is 0.536. The van der Waals surface area contributed by atoms with Gasteiger partial charge in [-0.05, 0) is 76.0 Å². The summed E-state index contributed by atoms with van der Waals surface area (Å²) < 4.78 is 1.23. The molecule has 2 atom stereocenters. The van der Waals surface area contributed by atoms with Crippen LogP contribution in [0, 0.1) is 12.8 Å². The molecule has 2 rings (SSSR count). The zero-order chi connectivity index (χ0) is 15.2. The molecular formula is C18H29BrN2. The van der Waals surface area contributed by atoms with E-state index in [4.69, 9.17) is 0 Å². The molecule has 0 spiro atoms. The van der Waals surface area contributed by atoms with Crippen LogP contribution < -0.4 is 5.32 Å². The number of aryl methyl sites for hydroxylation is 1. The van der Waals surface area contributed by atoms with Crippen molar-refractivity contribution in [2.24, 2.45) is 5.92 Å². The SMILES string of the molecule is CCCNCC1CCCCN(C)C1c1ccc(C)c(Br)c1. The second-order valence-corrected chi connectivity index (χ2v) is 7.25. The molecule has 118 valence electrons. The van der Waals surface area contributed by atoms with E-state index in [-0.39, 0.29) is 0 Å². The molecule has 1 aliphatic rings. The molecule has 1 heterocycles. The van der Waals surface area contributed by atoms with Crippen LogP contribution in [0.3, 0.4) is 0 Å². The van der Waals surface area contributed by atoms with Gasteiger partial charge in [0.05, 0.1) is 0 Å². The van der Waals surface area contributed by atoms with E-state index < -0.39 is 0 Å². The van der Waals surface area contributed by atoms with Crippen molar-refractivity contribution in [3.05, 3.63) is 33.8 Å². The number of nitrogens with zero attached hydrogens (tertiary/aromatic N) is 1. The summed E-state index contributed by atoms with van der Waals surface area (Å²) in [5, 5.41) is 3.64. The summed E-state index contributed by atoms with van der Waals surface area (Å²) >= 11 is 3.70. The highest BCUT2D eigenvalue weighted by Crippen LogP contribution is 2.35. The molecule has 1 aromatic carbocycles. The van der Waals surface area contributed by atoms with Crippen LogP contribution in [-0.2, 0) is 0 Å². The number of benzene rings is 1. The second-order valence-electron chi connectivity index (χ2n) is 6.39. The van der Waals surface area contributed by atoms with Crippen LogP contribution in [-0.4, -0.2) is 31.6 Å². The monoisotopic (exact) mass is 352 g/mol. The smallest absolute Gasteiger partial charge is 0.0385 e. The van der Waals surface area contributed by atoms with E-state index in [2.05, 4.69) is 65.2 Å². The van der Waals surface area contributed by atoms with Crippen molar-refractivity contribution >= 4 is 15.9 Å². The van der Waals surface area contributed by atoms with E-state index >= 15 is 0 Å². The average Bonchev–Trinajstić information content (AvgIpc) is 2.64. The Morgan fingerprint density at radius 1 is 1.33 bits per heavy atom. The molecule has 0 bridgehead atoms. The average molecular weight is 353 g/mol. The van der Waals surface area contributed by atoms with E-state index in [1.807, 2.05) is 0 Å². The molecule has 0 amide bonds. The minimum atomic E-state index is 0.536. The Kier molecular flexibility index (Phi) is 6.72. The van der Waals surface area contributed by atoms with Gasteiger partial charge in [0.2, 0.25) is 0 Å². The van der Waals surface area contributed by atoms with E-state index in [0.717, 1.165) is 13.1 Å². The number of hydrogen-bond acceptors (Lipinski definition) is 2. The van der Waals surface area contributed by atoms with Crippen molar-refractivity contribution < 1.29 is 0 Å². The number of halogens is 1. The third-order valence-corrected chi connectivity index (χ3v) is 5.48. The van der Waals surface area contributed by atoms with Crippen molar-refractivity contribution in [1.29, 1.82) is 0 Å². The maximum absolute atomic E-state index is 3.70. The highest BCUT2D eigenvalue weighted by Gasteiger charge is 2.28. The maximum Gasteiger partial charge on any atom is 0.0385 e. The molecule has 21 heavy (non-hydrogen) atoms. The van der Waals surface area contributed by atoms with Gasteiger partial charge in [-0.25, -0.2) is 0 Å². The summed E-state index contributed by atoms with van der Waals surface area (Å²) in [6.07, 6.45) is 5.22. The third-order valence-electron chi connectivity index (χ3n) is 4.63. The van der Waals surface area contributed by atoms with Gasteiger partial charge in [0, 0.05) is 10.5 Å². The van der Waals surface area contributed by atoms with Crippen LogP contribution in [0.5, 0.6) is 0 Å².